The maximum Gasteiger partial charge on any atom is 0.186 e. The summed E-state index contributed by atoms with van der Waals surface area (Å²) in [7, 11) is -1.09. The first-order valence-electron chi connectivity index (χ1n) is 4.82. The van der Waals surface area contributed by atoms with Gasteiger partial charge in [0.25, 0.3) is 0 Å². The van der Waals surface area contributed by atoms with Gasteiger partial charge < -0.3 is 4.43 Å². The van der Waals surface area contributed by atoms with Gasteiger partial charge in [-0.25, -0.2) is 0 Å². The lowest BCUT2D eigenvalue weighted by Gasteiger charge is -2.27. The molecule has 0 bridgehead atoms. The van der Waals surface area contributed by atoms with Gasteiger partial charge in [-0.15, -0.1) is 0 Å². The lowest BCUT2D eigenvalue weighted by Crippen LogP contribution is -2.33. The van der Waals surface area contributed by atoms with Crippen LogP contribution in [-0.2, 0) is 4.43 Å². The van der Waals surface area contributed by atoms with Crippen molar-refractivity contribution in [1.82, 2.24) is 0 Å². The van der Waals surface area contributed by atoms with Crippen LogP contribution in [0.15, 0.2) is 22.9 Å². The van der Waals surface area contributed by atoms with E-state index in [2.05, 4.69) is 13.1 Å². The molecule has 2 rings (SSSR count). The highest BCUT2D eigenvalue weighted by Crippen LogP contribution is 2.20. The van der Waals surface area contributed by atoms with E-state index in [1.165, 1.54) is 18.9 Å². The molecule has 0 aliphatic carbocycles. The summed E-state index contributed by atoms with van der Waals surface area (Å²) < 4.78 is 5.60. The largest absolute Gasteiger partial charge is 0.417 e. The number of rotatable bonds is 0. The number of hydrogen-bond donors (Lipinski definition) is 0. The maximum absolute atomic E-state index is 5.60. The molecule has 13 heavy (non-hydrogen) atoms. The molecule has 2 heterocycles. The van der Waals surface area contributed by atoms with Gasteiger partial charge in [0.1, 0.15) is 0 Å². The van der Waals surface area contributed by atoms with E-state index >= 15 is 0 Å². The van der Waals surface area contributed by atoms with Crippen LogP contribution < -0.4 is 0 Å². The highest BCUT2D eigenvalue weighted by molar-refractivity contribution is 7.07. The first kappa shape index (κ1) is 11.0. The van der Waals surface area contributed by atoms with E-state index in [0.29, 0.717) is 0 Å². The summed E-state index contributed by atoms with van der Waals surface area (Å²) in [6.45, 7) is 5.62. The average molecular weight is 214 g/mol. The minimum atomic E-state index is -1.09. The van der Waals surface area contributed by atoms with Crippen LogP contribution in [0.3, 0.4) is 0 Å². The second-order valence-corrected chi connectivity index (χ2v) is 8.98. The highest BCUT2D eigenvalue weighted by atomic mass is 32.1. The molecule has 1 aromatic heterocycles. The van der Waals surface area contributed by atoms with Gasteiger partial charge in [0.05, 0.1) is 0 Å². The molecule has 0 aromatic carbocycles. The molecule has 74 valence electrons. The Morgan fingerprint density at radius 3 is 2.08 bits per heavy atom. The molecule has 0 atom stereocenters. The van der Waals surface area contributed by atoms with Gasteiger partial charge in [0, 0.05) is 6.61 Å². The van der Waals surface area contributed by atoms with E-state index in [4.69, 9.17) is 4.43 Å². The summed E-state index contributed by atoms with van der Waals surface area (Å²) in [6.07, 6.45) is 2.69. The van der Waals surface area contributed by atoms with Crippen molar-refractivity contribution >= 4 is 19.7 Å². The van der Waals surface area contributed by atoms with Crippen molar-refractivity contribution in [1.29, 1.82) is 0 Å². The molecule has 0 amide bonds. The monoisotopic (exact) mass is 214 g/mol. The molecule has 0 saturated carbocycles. The lowest BCUT2D eigenvalue weighted by molar-refractivity contribution is 0.275. The molecule has 1 nitrogen and oxygen atoms in total. The van der Waals surface area contributed by atoms with Gasteiger partial charge in [0.2, 0.25) is 0 Å². The van der Waals surface area contributed by atoms with Crippen molar-refractivity contribution in [2.45, 2.75) is 32.0 Å². The van der Waals surface area contributed by atoms with Crippen molar-refractivity contribution in [2.75, 3.05) is 6.61 Å². The van der Waals surface area contributed by atoms with Gasteiger partial charge in [-0.05, 0) is 36.3 Å². The Labute approximate surface area is 85.9 Å². The van der Waals surface area contributed by atoms with Crippen LogP contribution >= 0.6 is 11.3 Å². The minimum Gasteiger partial charge on any atom is -0.417 e. The van der Waals surface area contributed by atoms with E-state index < -0.39 is 8.32 Å². The molecule has 1 aliphatic rings. The topological polar surface area (TPSA) is 9.23 Å². The van der Waals surface area contributed by atoms with Crippen LogP contribution in [-0.4, -0.2) is 14.9 Å². The molecule has 0 radical (unpaired) electrons. The van der Waals surface area contributed by atoms with Crippen LogP contribution in [0.1, 0.15) is 12.8 Å². The van der Waals surface area contributed by atoms with Gasteiger partial charge in [0.15, 0.2) is 8.32 Å². The summed E-state index contributed by atoms with van der Waals surface area (Å²) in [6, 6.07) is 5.41. The van der Waals surface area contributed by atoms with Crippen molar-refractivity contribution < 1.29 is 4.43 Å². The van der Waals surface area contributed by atoms with Crippen molar-refractivity contribution in [3.63, 3.8) is 0 Å². The Kier molecular flexibility index (Phi) is 4.70. The third-order valence-electron chi connectivity index (χ3n) is 2.09. The summed E-state index contributed by atoms with van der Waals surface area (Å²) >= 11 is 1.71. The quantitative estimate of drug-likeness (QED) is 0.598. The van der Waals surface area contributed by atoms with Gasteiger partial charge in [-0.3, -0.25) is 0 Å². The summed E-state index contributed by atoms with van der Waals surface area (Å²) in [5, 5.41) is 4.08. The van der Waals surface area contributed by atoms with Gasteiger partial charge in [-0.1, -0.05) is 18.6 Å². The van der Waals surface area contributed by atoms with E-state index in [-0.39, 0.29) is 0 Å². The maximum atomic E-state index is 5.60. The Morgan fingerprint density at radius 1 is 1.15 bits per heavy atom. The molecule has 1 aliphatic heterocycles. The smallest absolute Gasteiger partial charge is 0.186 e. The minimum absolute atomic E-state index is 1.03. The van der Waals surface area contributed by atoms with Crippen LogP contribution in [0.4, 0.5) is 0 Å². The van der Waals surface area contributed by atoms with Crippen LogP contribution in [0.25, 0.3) is 0 Å². The van der Waals surface area contributed by atoms with Crippen molar-refractivity contribution in [2.24, 2.45) is 0 Å². The summed E-state index contributed by atoms with van der Waals surface area (Å²) in [5.74, 6) is 0. The first-order chi connectivity index (χ1) is 6.21. The Balaban J connectivity index is 0.000000145. The zero-order valence-electron chi connectivity index (χ0n) is 8.45. The zero-order valence-corrected chi connectivity index (χ0v) is 10.3. The van der Waals surface area contributed by atoms with Gasteiger partial charge in [-0.2, -0.15) is 11.3 Å². The van der Waals surface area contributed by atoms with Crippen molar-refractivity contribution in [3.8, 4) is 0 Å². The van der Waals surface area contributed by atoms with E-state index in [0.717, 1.165) is 6.61 Å². The second-order valence-electron chi connectivity index (χ2n) is 3.86. The average Bonchev–Trinajstić information content (AvgIpc) is 2.60. The second kappa shape index (κ2) is 5.57. The van der Waals surface area contributed by atoms with E-state index in [9.17, 15) is 0 Å². The fraction of sp³-hybridized carbons (Fsp3) is 0.600. The zero-order chi connectivity index (χ0) is 9.57. The summed E-state index contributed by atoms with van der Waals surface area (Å²) in [5.41, 5.74) is 0. The Morgan fingerprint density at radius 2 is 1.85 bits per heavy atom. The molecule has 1 aromatic rings. The molecule has 0 N–H and O–H groups in total. The van der Waals surface area contributed by atoms with E-state index in [1.807, 2.05) is 22.9 Å². The molecular weight excluding hydrogens is 196 g/mol. The normalized spacial score (nSPS) is 20.2. The fourth-order valence-corrected chi connectivity index (χ4v) is 3.70. The van der Waals surface area contributed by atoms with Crippen LogP contribution in [0, 0.1) is 0 Å². The molecule has 3 heteroatoms. The standard InChI is InChI=1S/C6H14OSi.C4H4S/c1-8(2)6-4-3-5-7-8;1-2-4-5-3-1/h3-6H2,1-2H3;1-4H. The third-order valence-corrected chi connectivity index (χ3v) is 5.26. The lowest BCUT2D eigenvalue weighted by atomic mass is 10.4. The molecule has 1 saturated heterocycles. The predicted molar refractivity (Wildman–Crippen MR) is 61.8 cm³/mol. The van der Waals surface area contributed by atoms with E-state index in [1.54, 1.807) is 11.3 Å². The Hall–Kier alpha value is -0.123. The predicted octanol–water partition coefficient (Wildman–Crippen LogP) is 3.75. The van der Waals surface area contributed by atoms with Gasteiger partial charge >= 0.3 is 0 Å². The molecule has 0 spiro atoms. The highest BCUT2D eigenvalue weighted by Gasteiger charge is 2.24. The number of hydrogen-bond acceptors (Lipinski definition) is 2. The van der Waals surface area contributed by atoms with Crippen LogP contribution in [0.2, 0.25) is 19.1 Å². The Bertz CT molecular complexity index is 183. The SMILES string of the molecule is C[Si]1(C)CCCCO1.c1ccsc1. The van der Waals surface area contributed by atoms with Crippen molar-refractivity contribution in [3.05, 3.63) is 22.9 Å². The molecular formula is C10H18OSSi. The molecule has 0 unspecified atom stereocenters. The number of thiophene rings is 1. The van der Waals surface area contributed by atoms with Crippen LogP contribution in [0.5, 0.6) is 0 Å². The third kappa shape index (κ3) is 5.24. The molecule has 1 fully saturated rings. The first-order valence-corrected chi connectivity index (χ1v) is 8.88. The summed E-state index contributed by atoms with van der Waals surface area (Å²) in [4.78, 5) is 0. The fourth-order valence-electron chi connectivity index (χ4n) is 1.30.